The van der Waals surface area contributed by atoms with Gasteiger partial charge in [-0.2, -0.15) is 0 Å². The second-order valence-corrected chi connectivity index (χ2v) is 5.48. The van der Waals surface area contributed by atoms with Gasteiger partial charge < -0.3 is 15.2 Å². The molecule has 0 aromatic heterocycles. The van der Waals surface area contributed by atoms with Crippen molar-refractivity contribution in [3.63, 3.8) is 0 Å². The lowest BCUT2D eigenvalue weighted by Crippen LogP contribution is -2.42. The van der Waals surface area contributed by atoms with E-state index in [1.54, 1.807) is 0 Å². The molecule has 4 heteroatoms. The summed E-state index contributed by atoms with van der Waals surface area (Å²) in [5, 5.41) is 12.7. The van der Waals surface area contributed by atoms with Gasteiger partial charge in [0.1, 0.15) is 6.61 Å². The highest BCUT2D eigenvalue weighted by Crippen LogP contribution is 2.27. The summed E-state index contributed by atoms with van der Waals surface area (Å²) in [5.41, 5.74) is 0.399. The summed E-state index contributed by atoms with van der Waals surface area (Å²) >= 11 is 0. The Morgan fingerprint density at radius 1 is 1.37 bits per heavy atom. The van der Waals surface area contributed by atoms with Crippen LogP contribution in [0, 0.1) is 0 Å². The molecule has 1 aromatic rings. The molecule has 1 aliphatic rings. The first-order chi connectivity index (χ1) is 9.05. The quantitative estimate of drug-likeness (QED) is 0.881. The van der Waals surface area contributed by atoms with Crippen molar-refractivity contribution in [2.24, 2.45) is 0 Å². The Hall–Kier alpha value is -1.55. The molecule has 1 fully saturated rings. The lowest BCUT2D eigenvalue weighted by Gasteiger charge is -2.33. The minimum atomic E-state index is -0.577. The van der Waals surface area contributed by atoms with Crippen LogP contribution in [0.25, 0.3) is 0 Å². The highest BCUT2D eigenvalue weighted by atomic mass is 16.5. The van der Waals surface area contributed by atoms with E-state index in [1.165, 1.54) is 0 Å². The molecule has 1 aliphatic carbocycles. The summed E-state index contributed by atoms with van der Waals surface area (Å²) in [6.45, 7) is 2.13. The van der Waals surface area contributed by atoms with Gasteiger partial charge in [0.25, 0.3) is 0 Å². The predicted octanol–water partition coefficient (Wildman–Crippen LogP) is 2.61. The average molecular weight is 263 g/mol. The molecule has 1 amide bonds. The standard InChI is InChI=1S/C15H21NO3/c1-15(18)9-7-13(8-10-15)16-14(17)19-11-12-5-3-2-4-6-12/h2-6,13,18H,7-11H2,1H3,(H,16,17)/t13-,15-. The van der Waals surface area contributed by atoms with Crippen molar-refractivity contribution in [1.29, 1.82) is 0 Å². The number of hydrogen-bond acceptors (Lipinski definition) is 3. The number of carbonyl (C=O) groups is 1. The van der Waals surface area contributed by atoms with Crippen molar-refractivity contribution in [3.8, 4) is 0 Å². The molecule has 4 nitrogen and oxygen atoms in total. The third-order valence-corrected chi connectivity index (χ3v) is 3.60. The zero-order chi connectivity index (χ0) is 13.7. The Bertz CT molecular complexity index is 407. The molecule has 19 heavy (non-hydrogen) atoms. The number of nitrogens with one attached hydrogen (secondary N) is 1. The number of hydrogen-bond donors (Lipinski definition) is 2. The molecule has 0 saturated heterocycles. The van der Waals surface area contributed by atoms with E-state index in [9.17, 15) is 9.90 Å². The van der Waals surface area contributed by atoms with Crippen LogP contribution in [0.4, 0.5) is 4.79 Å². The molecule has 0 bridgehead atoms. The Morgan fingerprint density at radius 3 is 2.63 bits per heavy atom. The van der Waals surface area contributed by atoms with Crippen LogP contribution in [-0.2, 0) is 11.3 Å². The van der Waals surface area contributed by atoms with Crippen molar-refractivity contribution in [2.45, 2.75) is 50.9 Å². The molecule has 2 N–H and O–H groups in total. The Kier molecular flexibility index (Phi) is 4.43. The van der Waals surface area contributed by atoms with Crippen LogP contribution in [0.1, 0.15) is 38.2 Å². The summed E-state index contributed by atoms with van der Waals surface area (Å²) in [6.07, 6.45) is 2.66. The van der Waals surface area contributed by atoms with Crippen LogP contribution in [0.3, 0.4) is 0 Å². The van der Waals surface area contributed by atoms with Crippen molar-refractivity contribution in [1.82, 2.24) is 5.32 Å². The topological polar surface area (TPSA) is 58.6 Å². The number of carbonyl (C=O) groups excluding carboxylic acids is 1. The molecule has 0 heterocycles. The minimum absolute atomic E-state index is 0.114. The van der Waals surface area contributed by atoms with Crippen molar-refractivity contribution in [3.05, 3.63) is 35.9 Å². The van der Waals surface area contributed by atoms with Gasteiger partial charge in [-0.3, -0.25) is 0 Å². The number of amides is 1. The number of rotatable bonds is 3. The van der Waals surface area contributed by atoms with Crippen molar-refractivity contribution in [2.75, 3.05) is 0 Å². The SMILES string of the molecule is C[C@]1(O)CC[C@H](NC(=O)OCc2ccccc2)CC1. The fourth-order valence-corrected chi connectivity index (χ4v) is 2.32. The molecule has 1 aromatic carbocycles. The van der Waals surface area contributed by atoms with Gasteiger partial charge in [0, 0.05) is 6.04 Å². The van der Waals surface area contributed by atoms with E-state index in [2.05, 4.69) is 5.32 Å². The van der Waals surface area contributed by atoms with Crippen LogP contribution in [0.2, 0.25) is 0 Å². The van der Waals surface area contributed by atoms with Crippen LogP contribution < -0.4 is 5.32 Å². The molecule has 0 aliphatic heterocycles. The van der Waals surface area contributed by atoms with Crippen LogP contribution in [-0.4, -0.2) is 22.8 Å². The molecule has 0 atom stereocenters. The van der Waals surface area contributed by atoms with Gasteiger partial charge in [0.15, 0.2) is 0 Å². The molecular formula is C15H21NO3. The maximum absolute atomic E-state index is 11.7. The molecule has 0 spiro atoms. The van der Waals surface area contributed by atoms with E-state index < -0.39 is 5.60 Å². The van der Waals surface area contributed by atoms with Gasteiger partial charge in [-0.15, -0.1) is 0 Å². The number of aliphatic hydroxyl groups is 1. The normalized spacial score (nSPS) is 26.7. The van der Waals surface area contributed by atoms with E-state index in [0.717, 1.165) is 31.2 Å². The van der Waals surface area contributed by atoms with E-state index in [1.807, 2.05) is 37.3 Å². The molecule has 2 rings (SSSR count). The largest absolute Gasteiger partial charge is 0.445 e. The number of benzene rings is 1. The first kappa shape index (κ1) is 13.9. The van der Waals surface area contributed by atoms with Crippen LogP contribution >= 0.6 is 0 Å². The van der Waals surface area contributed by atoms with Crippen molar-refractivity contribution < 1.29 is 14.6 Å². The maximum atomic E-state index is 11.7. The third-order valence-electron chi connectivity index (χ3n) is 3.60. The second kappa shape index (κ2) is 6.06. The Balaban J connectivity index is 1.70. The van der Waals surface area contributed by atoms with Gasteiger partial charge >= 0.3 is 6.09 Å². The van der Waals surface area contributed by atoms with Crippen LogP contribution in [0.15, 0.2) is 30.3 Å². The lowest BCUT2D eigenvalue weighted by molar-refractivity contribution is 0.0135. The molecular weight excluding hydrogens is 242 g/mol. The highest BCUT2D eigenvalue weighted by molar-refractivity contribution is 5.67. The fourth-order valence-electron chi connectivity index (χ4n) is 2.32. The summed E-state index contributed by atoms with van der Waals surface area (Å²) in [4.78, 5) is 11.7. The van der Waals surface area contributed by atoms with Gasteiger partial charge in [0.2, 0.25) is 0 Å². The summed E-state index contributed by atoms with van der Waals surface area (Å²) in [6, 6.07) is 9.72. The molecule has 0 radical (unpaired) electrons. The van der Waals surface area contributed by atoms with Gasteiger partial charge in [0.05, 0.1) is 5.60 Å². The molecule has 1 saturated carbocycles. The van der Waals surface area contributed by atoms with E-state index in [0.29, 0.717) is 0 Å². The number of ether oxygens (including phenoxy) is 1. The summed E-state index contributed by atoms with van der Waals surface area (Å²) in [7, 11) is 0. The average Bonchev–Trinajstić information content (AvgIpc) is 2.40. The Labute approximate surface area is 113 Å². The minimum Gasteiger partial charge on any atom is -0.445 e. The first-order valence-electron chi connectivity index (χ1n) is 6.75. The maximum Gasteiger partial charge on any atom is 0.407 e. The molecule has 104 valence electrons. The molecule has 0 unspecified atom stereocenters. The monoisotopic (exact) mass is 263 g/mol. The van der Waals surface area contributed by atoms with E-state index in [4.69, 9.17) is 4.74 Å². The van der Waals surface area contributed by atoms with Crippen molar-refractivity contribution >= 4 is 6.09 Å². The summed E-state index contributed by atoms with van der Waals surface area (Å²) in [5.74, 6) is 0. The zero-order valence-corrected chi connectivity index (χ0v) is 11.3. The fraction of sp³-hybridized carbons (Fsp3) is 0.533. The Morgan fingerprint density at radius 2 is 2.00 bits per heavy atom. The highest BCUT2D eigenvalue weighted by Gasteiger charge is 2.29. The first-order valence-corrected chi connectivity index (χ1v) is 6.75. The number of alkyl carbamates (subject to hydrolysis) is 1. The van der Waals surface area contributed by atoms with Gasteiger partial charge in [-0.25, -0.2) is 4.79 Å². The van der Waals surface area contributed by atoms with Gasteiger partial charge in [-0.1, -0.05) is 30.3 Å². The predicted molar refractivity (Wildman–Crippen MR) is 72.6 cm³/mol. The smallest absolute Gasteiger partial charge is 0.407 e. The second-order valence-electron chi connectivity index (χ2n) is 5.48. The zero-order valence-electron chi connectivity index (χ0n) is 11.3. The third kappa shape index (κ3) is 4.56. The lowest BCUT2D eigenvalue weighted by atomic mass is 9.84. The van der Waals surface area contributed by atoms with E-state index in [-0.39, 0.29) is 18.7 Å². The van der Waals surface area contributed by atoms with Gasteiger partial charge in [-0.05, 0) is 38.2 Å². The summed E-state index contributed by atoms with van der Waals surface area (Å²) < 4.78 is 5.17. The van der Waals surface area contributed by atoms with Crippen LogP contribution in [0.5, 0.6) is 0 Å². The van der Waals surface area contributed by atoms with E-state index >= 15 is 0 Å².